The molecule has 0 bridgehead atoms. The number of nitrogens with zero attached hydrogens (tertiary/aromatic N) is 2. The lowest BCUT2D eigenvalue weighted by Gasteiger charge is -2.12. The van der Waals surface area contributed by atoms with Crippen LogP contribution in [0, 0.1) is 0 Å². The molecule has 6 nitrogen and oxygen atoms in total. The summed E-state index contributed by atoms with van der Waals surface area (Å²) in [5.74, 6) is -0.339. The third kappa shape index (κ3) is 1.71. The molecule has 1 aromatic carbocycles. The van der Waals surface area contributed by atoms with Crippen molar-refractivity contribution in [1.29, 1.82) is 0 Å². The SMILES string of the molecule is Nc1nonc1C(=O)NC1CCc2ccccc21. The summed E-state index contributed by atoms with van der Waals surface area (Å²) >= 11 is 0. The van der Waals surface area contributed by atoms with E-state index in [4.69, 9.17) is 5.73 Å². The van der Waals surface area contributed by atoms with Crippen LogP contribution < -0.4 is 11.1 Å². The Labute approximate surface area is 103 Å². The van der Waals surface area contributed by atoms with Crippen LogP contribution >= 0.6 is 0 Å². The maximum Gasteiger partial charge on any atom is 0.277 e. The first-order chi connectivity index (χ1) is 8.75. The summed E-state index contributed by atoms with van der Waals surface area (Å²) in [5, 5.41) is 9.77. The van der Waals surface area contributed by atoms with E-state index in [1.165, 1.54) is 5.56 Å². The molecule has 0 saturated heterocycles. The Morgan fingerprint density at radius 2 is 2.22 bits per heavy atom. The number of rotatable bonds is 2. The summed E-state index contributed by atoms with van der Waals surface area (Å²) in [6.45, 7) is 0. The molecule has 1 aromatic heterocycles. The molecule has 3 rings (SSSR count). The summed E-state index contributed by atoms with van der Waals surface area (Å²) in [5.41, 5.74) is 7.95. The summed E-state index contributed by atoms with van der Waals surface area (Å²) in [6, 6.07) is 8.08. The third-order valence-electron chi connectivity index (χ3n) is 3.17. The Morgan fingerprint density at radius 3 is 3.00 bits per heavy atom. The third-order valence-corrected chi connectivity index (χ3v) is 3.17. The smallest absolute Gasteiger partial charge is 0.277 e. The van der Waals surface area contributed by atoms with Crippen LogP contribution in [0.4, 0.5) is 5.82 Å². The highest BCUT2D eigenvalue weighted by Gasteiger charge is 2.26. The molecule has 3 N–H and O–H groups in total. The van der Waals surface area contributed by atoms with Gasteiger partial charge < -0.3 is 11.1 Å². The van der Waals surface area contributed by atoms with Crippen LogP contribution in [-0.2, 0) is 6.42 Å². The van der Waals surface area contributed by atoms with Gasteiger partial charge in [-0.1, -0.05) is 24.3 Å². The van der Waals surface area contributed by atoms with Crippen LogP contribution in [0.2, 0.25) is 0 Å². The minimum Gasteiger partial charge on any atom is -0.379 e. The lowest BCUT2D eigenvalue weighted by Crippen LogP contribution is -2.28. The average molecular weight is 244 g/mol. The van der Waals surface area contributed by atoms with Gasteiger partial charge in [0.25, 0.3) is 5.91 Å². The van der Waals surface area contributed by atoms with Crippen molar-refractivity contribution in [3.05, 3.63) is 41.1 Å². The molecule has 6 heteroatoms. The summed E-state index contributed by atoms with van der Waals surface area (Å²) < 4.78 is 4.41. The Balaban J connectivity index is 1.79. The number of fused-ring (bicyclic) bond motifs is 1. The molecule has 0 radical (unpaired) electrons. The summed E-state index contributed by atoms with van der Waals surface area (Å²) in [7, 11) is 0. The van der Waals surface area contributed by atoms with Crippen LogP contribution in [0.15, 0.2) is 28.9 Å². The van der Waals surface area contributed by atoms with E-state index in [1.807, 2.05) is 18.2 Å². The molecule has 1 aliphatic carbocycles. The Morgan fingerprint density at radius 1 is 1.39 bits per heavy atom. The largest absolute Gasteiger partial charge is 0.379 e. The van der Waals surface area contributed by atoms with Crippen molar-refractivity contribution in [3.8, 4) is 0 Å². The van der Waals surface area contributed by atoms with Crippen molar-refractivity contribution < 1.29 is 9.42 Å². The van der Waals surface area contributed by atoms with Crippen LogP contribution in [-0.4, -0.2) is 16.2 Å². The van der Waals surface area contributed by atoms with E-state index < -0.39 is 0 Å². The van der Waals surface area contributed by atoms with Crippen LogP contribution in [0.25, 0.3) is 0 Å². The zero-order chi connectivity index (χ0) is 12.5. The second kappa shape index (κ2) is 4.14. The molecule has 1 aliphatic rings. The number of carbonyl (C=O) groups excluding carboxylic acids is 1. The van der Waals surface area contributed by atoms with Crippen molar-refractivity contribution in [1.82, 2.24) is 15.6 Å². The highest BCUT2D eigenvalue weighted by molar-refractivity contribution is 5.96. The van der Waals surface area contributed by atoms with Crippen molar-refractivity contribution in [2.45, 2.75) is 18.9 Å². The highest BCUT2D eigenvalue weighted by atomic mass is 16.6. The normalized spacial score (nSPS) is 17.4. The van der Waals surface area contributed by atoms with Crippen molar-refractivity contribution in [2.24, 2.45) is 0 Å². The first-order valence-corrected chi connectivity index (χ1v) is 5.72. The summed E-state index contributed by atoms with van der Waals surface area (Å²) in [6.07, 6.45) is 1.85. The maximum atomic E-state index is 11.9. The molecule has 1 unspecified atom stereocenters. The van der Waals surface area contributed by atoms with Gasteiger partial charge in [-0.15, -0.1) is 0 Å². The molecular weight excluding hydrogens is 232 g/mol. The number of benzene rings is 1. The van der Waals surface area contributed by atoms with Gasteiger partial charge in [0.15, 0.2) is 0 Å². The van der Waals surface area contributed by atoms with Gasteiger partial charge in [-0.05, 0) is 34.3 Å². The van der Waals surface area contributed by atoms with Crippen LogP contribution in [0.1, 0.15) is 34.1 Å². The monoisotopic (exact) mass is 244 g/mol. The van der Waals surface area contributed by atoms with Crippen LogP contribution in [0.5, 0.6) is 0 Å². The van der Waals surface area contributed by atoms with E-state index in [2.05, 4.69) is 26.3 Å². The van der Waals surface area contributed by atoms with Crippen molar-refractivity contribution in [2.75, 3.05) is 5.73 Å². The minimum atomic E-state index is -0.351. The molecule has 0 spiro atoms. The number of aromatic nitrogens is 2. The minimum absolute atomic E-state index is 0.00444. The molecule has 18 heavy (non-hydrogen) atoms. The van der Waals surface area contributed by atoms with E-state index in [1.54, 1.807) is 0 Å². The summed E-state index contributed by atoms with van der Waals surface area (Å²) in [4.78, 5) is 11.9. The lowest BCUT2D eigenvalue weighted by molar-refractivity contribution is 0.0927. The van der Waals surface area contributed by atoms with Gasteiger partial charge in [0.05, 0.1) is 6.04 Å². The number of anilines is 1. The number of aryl methyl sites for hydroxylation is 1. The number of nitrogens with two attached hydrogens (primary N) is 1. The number of carbonyl (C=O) groups is 1. The Bertz CT molecular complexity index is 593. The number of hydrogen-bond acceptors (Lipinski definition) is 5. The van der Waals surface area contributed by atoms with Crippen LogP contribution in [0.3, 0.4) is 0 Å². The zero-order valence-electron chi connectivity index (χ0n) is 9.59. The standard InChI is InChI=1S/C12H12N4O2/c13-11-10(15-18-16-11)12(17)14-9-6-5-7-3-1-2-4-8(7)9/h1-4,9H,5-6H2,(H2,13,16)(H,14,17). The van der Waals surface area contributed by atoms with Gasteiger partial charge in [-0.2, -0.15) is 0 Å². The molecular formula is C12H12N4O2. The molecule has 2 aromatic rings. The number of nitrogens with one attached hydrogen (secondary N) is 1. The second-order valence-corrected chi connectivity index (χ2v) is 4.26. The lowest BCUT2D eigenvalue weighted by atomic mass is 10.1. The molecule has 92 valence electrons. The number of nitrogen functional groups attached to an aromatic ring is 1. The zero-order valence-corrected chi connectivity index (χ0v) is 9.59. The average Bonchev–Trinajstić information content (AvgIpc) is 2.97. The molecule has 0 saturated carbocycles. The number of amides is 1. The van der Waals surface area contributed by atoms with E-state index in [0.717, 1.165) is 18.4 Å². The first-order valence-electron chi connectivity index (χ1n) is 5.72. The molecule has 1 amide bonds. The fourth-order valence-electron chi connectivity index (χ4n) is 2.29. The van der Waals surface area contributed by atoms with E-state index >= 15 is 0 Å². The predicted molar refractivity (Wildman–Crippen MR) is 63.7 cm³/mol. The first kappa shape index (κ1) is 10.8. The Hall–Kier alpha value is -2.37. The fourth-order valence-corrected chi connectivity index (χ4v) is 2.29. The van der Waals surface area contributed by atoms with E-state index in [-0.39, 0.29) is 23.5 Å². The fraction of sp³-hybridized carbons (Fsp3) is 0.250. The molecule has 0 aliphatic heterocycles. The van der Waals surface area contributed by atoms with Crippen molar-refractivity contribution >= 4 is 11.7 Å². The second-order valence-electron chi connectivity index (χ2n) is 4.26. The van der Waals surface area contributed by atoms with Gasteiger partial charge in [-0.25, -0.2) is 4.63 Å². The van der Waals surface area contributed by atoms with Gasteiger partial charge in [0.1, 0.15) is 0 Å². The van der Waals surface area contributed by atoms with Crippen molar-refractivity contribution in [3.63, 3.8) is 0 Å². The van der Waals surface area contributed by atoms with Gasteiger partial charge in [0.2, 0.25) is 11.5 Å². The van der Waals surface area contributed by atoms with Gasteiger partial charge >= 0.3 is 0 Å². The van der Waals surface area contributed by atoms with Gasteiger partial charge in [-0.3, -0.25) is 4.79 Å². The predicted octanol–water partition coefficient (Wildman–Crippen LogP) is 1.07. The molecule has 0 fully saturated rings. The van der Waals surface area contributed by atoms with E-state index in [9.17, 15) is 4.79 Å². The Kier molecular flexibility index (Phi) is 2.47. The topological polar surface area (TPSA) is 94.0 Å². The van der Waals surface area contributed by atoms with Gasteiger partial charge in [0, 0.05) is 0 Å². The quantitative estimate of drug-likeness (QED) is 0.824. The van der Waals surface area contributed by atoms with E-state index in [0.29, 0.717) is 0 Å². The molecule has 1 atom stereocenters. The highest BCUT2D eigenvalue weighted by Crippen LogP contribution is 2.30. The number of hydrogen-bond donors (Lipinski definition) is 2. The molecule has 1 heterocycles. The maximum absolute atomic E-state index is 11.9.